The average molecular weight is 532 g/mol. The zero-order valence-corrected chi connectivity index (χ0v) is 20.9. The van der Waals surface area contributed by atoms with E-state index < -0.39 is 6.04 Å². The lowest BCUT2D eigenvalue weighted by Crippen LogP contribution is -2.48. The minimum absolute atomic E-state index is 0.109. The summed E-state index contributed by atoms with van der Waals surface area (Å²) in [5.41, 5.74) is 1.89. The summed E-state index contributed by atoms with van der Waals surface area (Å²) >= 11 is 17.2. The van der Waals surface area contributed by atoms with Crippen molar-refractivity contribution in [2.75, 3.05) is 12.3 Å². The standard InChI is InChI=1S/C22H25BrCl2N2O2S/c1-3-10-26-22(29)15(2)27(12-17-6-9-19(24)11-20(17)25)21(28)14-30-13-16-4-7-18(23)8-5-16/h4-9,11,15H,3,10,12-14H2,1-2H3,(H,26,29). The number of halogens is 3. The van der Waals surface area contributed by atoms with Crippen LogP contribution in [0.1, 0.15) is 31.4 Å². The lowest BCUT2D eigenvalue weighted by Gasteiger charge is -2.29. The van der Waals surface area contributed by atoms with Gasteiger partial charge in [0.2, 0.25) is 11.8 Å². The van der Waals surface area contributed by atoms with E-state index in [1.807, 2.05) is 31.2 Å². The van der Waals surface area contributed by atoms with Crippen LogP contribution >= 0.6 is 50.9 Å². The second-order valence-electron chi connectivity index (χ2n) is 6.84. The highest BCUT2D eigenvalue weighted by Gasteiger charge is 2.26. The van der Waals surface area contributed by atoms with Gasteiger partial charge in [-0.05, 0) is 48.7 Å². The third kappa shape index (κ3) is 7.80. The first-order valence-corrected chi connectivity index (χ1v) is 12.4. The quantitative estimate of drug-likeness (QED) is 0.413. The molecular formula is C22H25BrCl2N2O2S. The number of amides is 2. The van der Waals surface area contributed by atoms with Crippen LogP contribution in [-0.2, 0) is 21.9 Å². The number of nitrogens with one attached hydrogen (secondary N) is 1. The first-order valence-electron chi connectivity index (χ1n) is 9.65. The van der Waals surface area contributed by atoms with Crippen LogP contribution in [-0.4, -0.2) is 35.1 Å². The molecule has 1 atom stereocenters. The zero-order chi connectivity index (χ0) is 22.1. The molecule has 162 valence electrons. The van der Waals surface area contributed by atoms with E-state index in [-0.39, 0.29) is 24.1 Å². The molecule has 2 rings (SSSR count). The molecule has 0 aliphatic heterocycles. The van der Waals surface area contributed by atoms with Crippen molar-refractivity contribution in [2.24, 2.45) is 0 Å². The van der Waals surface area contributed by atoms with Gasteiger partial charge in [-0.15, -0.1) is 11.8 Å². The Hall–Kier alpha value is -1.21. The summed E-state index contributed by atoms with van der Waals surface area (Å²) in [4.78, 5) is 27.2. The maximum absolute atomic E-state index is 13.0. The highest BCUT2D eigenvalue weighted by Crippen LogP contribution is 2.24. The average Bonchev–Trinajstić information content (AvgIpc) is 2.72. The van der Waals surface area contributed by atoms with Crippen LogP contribution in [0.3, 0.4) is 0 Å². The Bertz CT molecular complexity index is 865. The molecule has 30 heavy (non-hydrogen) atoms. The molecule has 2 amide bonds. The lowest BCUT2D eigenvalue weighted by atomic mass is 10.1. The monoisotopic (exact) mass is 530 g/mol. The van der Waals surface area contributed by atoms with Crippen LogP contribution in [0.25, 0.3) is 0 Å². The normalized spacial score (nSPS) is 11.8. The molecule has 0 radical (unpaired) electrons. The smallest absolute Gasteiger partial charge is 0.242 e. The van der Waals surface area contributed by atoms with Crippen LogP contribution in [0, 0.1) is 0 Å². The van der Waals surface area contributed by atoms with Crippen LogP contribution < -0.4 is 5.32 Å². The fraction of sp³-hybridized carbons (Fsp3) is 0.364. The van der Waals surface area contributed by atoms with Crippen molar-refractivity contribution >= 4 is 62.7 Å². The summed E-state index contributed by atoms with van der Waals surface area (Å²) in [6.45, 7) is 4.55. The molecule has 2 aromatic rings. The maximum Gasteiger partial charge on any atom is 0.242 e. The predicted molar refractivity (Wildman–Crippen MR) is 130 cm³/mol. The number of thioether (sulfide) groups is 1. The molecule has 0 fully saturated rings. The molecule has 8 heteroatoms. The number of benzene rings is 2. The molecular weight excluding hydrogens is 507 g/mol. The maximum atomic E-state index is 13.0. The fourth-order valence-electron chi connectivity index (χ4n) is 2.73. The summed E-state index contributed by atoms with van der Waals surface area (Å²) in [6, 6.07) is 12.6. The molecule has 0 aliphatic rings. The van der Waals surface area contributed by atoms with Crippen molar-refractivity contribution in [1.82, 2.24) is 10.2 Å². The van der Waals surface area contributed by atoms with Gasteiger partial charge in [0.05, 0.1) is 5.75 Å². The van der Waals surface area contributed by atoms with Crippen molar-refractivity contribution in [1.29, 1.82) is 0 Å². The van der Waals surface area contributed by atoms with Gasteiger partial charge in [-0.1, -0.05) is 64.3 Å². The zero-order valence-electron chi connectivity index (χ0n) is 17.0. The van der Waals surface area contributed by atoms with Gasteiger partial charge in [-0.25, -0.2) is 0 Å². The topological polar surface area (TPSA) is 49.4 Å². The third-order valence-corrected chi connectivity index (χ3v) is 6.58. The van der Waals surface area contributed by atoms with E-state index in [0.717, 1.165) is 22.0 Å². The molecule has 0 aliphatic carbocycles. The Morgan fingerprint density at radius 2 is 1.87 bits per heavy atom. The van der Waals surface area contributed by atoms with Gasteiger partial charge in [-0.3, -0.25) is 9.59 Å². The van der Waals surface area contributed by atoms with Crippen LogP contribution in [0.2, 0.25) is 10.0 Å². The molecule has 0 heterocycles. The van der Waals surface area contributed by atoms with E-state index in [0.29, 0.717) is 22.3 Å². The van der Waals surface area contributed by atoms with E-state index in [9.17, 15) is 9.59 Å². The Balaban J connectivity index is 2.09. The van der Waals surface area contributed by atoms with Crippen molar-refractivity contribution in [2.45, 2.75) is 38.6 Å². The van der Waals surface area contributed by atoms with E-state index >= 15 is 0 Å². The summed E-state index contributed by atoms with van der Waals surface area (Å²) in [5.74, 6) is 0.702. The number of nitrogens with zero attached hydrogens (tertiary/aromatic N) is 1. The molecule has 0 bridgehead atoms. The van der Waals surface area contributed by atoms with Gasteiger partial charge < -0.3 is 10.2 Å². The van der Waals surface area contributed by atoms with E-state index in [1.54, 1.807) is 30.0 Å². The number of carbonyl (C=O) groups is 2. The molecule has 0 saturated carbocycles. The second kappa shape index (κ2) is 12.6. The third-order valence-electron chi connectivity index (χ3n) is 4.48. The number of hydrogen-bond acceptors (Lipinski definition) is 3. The van der Waals surface area contributed by atoms with Crippen LogP contribution in [0.15, 0.2) is 46.9 Å². The molecule has 2 aromatic carbocycles. The first-order chi connectivity index (χ1) is 14.3. The number of carbonyl (C=O) groups excluding carboxylic acids is 2. The summed E-state index contributed by atoms with van der Waals surface area (Å²) in [7, 11) is 0. The van der Waals surface area contributed by atoms with Gasteiger partial charge >= 0.3 is 0 Å². The minimum atomic E-state index is -0.607. The van der Waals surface area contributed by atoms with Crippen molar-refractivity contribution in [3.63, 3.8) is 0 Å². The SMILES string of the molecule is CCCNC(=O)C(C)N(Cc1ccc(Cl)cc1Cl)C(=O)CSCc1ccc(Br)cc1. The lowest BCUT2D eigenvalue weighted by molar-refractivity contribution is -0.138. The molecule has 1 N–H and O–H groups in total. The van der Waals surface area contributed by atoms with Gasteiger partial charge in [0.1, 0.15) is 6.04 Å². The fourth-order valence-corrected chi connectivity index (χ4v) is 4.33. The molecule has 4 nitrogen and oxygen atoms in total. The largest absolute Gasteiger partial charge is 0.354 e. The Morgan fingerprint density at radius 3 is 2.50 bits per heavy atom. The predicted octanol–water partition coefficient (Wildman–Crippen LogP) is 5.93. The Kier molecular flexibility index (Phi) is 10.5. The highest BCUT2D eigenvalue weighted by molar-refractivity contribution is 9.10. The van der Waals surface area contributed by atoms with E-state index in [2.05, 4.69) is 21.2 Å². The van der Waals surface area contributed by atoms with Crippen molar-refractivity contribution in [3.8, 4) is 0 Å². The number of rotatable bonds is 10. The minimum Gasteiger partial charge on any atom is -0.354 e. The second-order valence-corrected chi connectivity index (χ2v) is 9.59. The first kappa shape index (κ1) is 25.1. The molecule has 0 spiro atoms. The van der Waals surface area contributed by atoms with Crippen molar-refractivity contribution < 1.29 is 9.59 Å². The Labute approximate surface area is 200 Å². The Morgan fingerprint density at radius 1 is 1.17 bits per heavy atom. The molecule has 1 unspecified atom stereocenters. The van der Waals surface area contributed by atoms with Crippen LogP contribution in [0.5, 0.6) is 0 Å². The summed E-state index contributed by atoms with van der Waals surface area (Å²) < 4.78 is 1.02. The van der Waals surface area contributed by atoms with Gasteiger partial charge in [-0.2, -0.15) is 0 Å². The molecule has 0 saturated heterocycles. The highest BCUT2D eigenvalue weighted by atomic mass is 79.9. The van der Waals surface area contributed by atoms with E-state index in [4.69, 9.17) is 23.2 Å². The van der Waals surface area contributed by atoms with E-state index in [1.165, 1.54) is 11.8 Å². The van der Waals surface area contributed by atoms with Gasteiger partial charge in [0.25, 0.3) is 0 Å². The van der Waals surface area contributed by atoms with Gasteiger partial charge in [0, 0.05) is 33.4 Å². The summed E-state index contributed by atoms with van der Waals surface area (Å²) in [6.07, 6.45) is 0.832. The molecule has 0 aromatic heterocycles. The summed E-state index contributed by atoms with van der Waals surface area (Å²) in [5, 5.41) is 3.87. The number of hydrogen-bond donors (Lipinski definition) is 1. The van der Waals surface area contributed by atoms with Gasteiger partial charge in [0.15, 0.2) is 0 Å². The van der Waals surface area contributed by atoms with Crippen LogP contribution in [0.4, 0.5) is 0 Å². The van der Waals surface area contributed by atoms with Crippen molar-refractivity contribution in [3.05, 3.63) is 68.1 Å².